The van der Waals surface area contributed by atoms with Crippen molar-refractivity contribution in [1.29, 1.82) is 0 Å². The molecule has 21 unspecified atom stereocenters. The van der Waals surface area contributed by atoms with Crippen molar-refractivity contribution in [2.45, 2.75) is 199 Å². The van der Waals surface area contributed by atoms with Gasteiger partial charge in [-0.1, -0.05) is 48.5 Å². The zero-order valence-corrected chi connectivity index (χ0v) is 35.2. The van der Waals surface area contributed by atoms with Gasteiger partial charge < -0.3 is 53.2 Å². The fourth-order valence-corrected chi connectivity index (χ4v) is 11.7. The zero-order valence-electron chi connectivity index (χ0n) is 35.2. The maximum Gasteiger partial charge on any atom is 0.311 e. The normalized spacial score (nSPS) is 55.2. The van der Waals surface area contributed by atoms with E-state index < -0.39 is 70.8 Å². The number of hydrogen-bond donors (Lipinski definition) is 3. The van der Waals surface area contributed by atoms with Crippen LogP contribution in [0.3, 0.4) is 0 Å². The molecule has 21 atom stereocenters. The third-order valence-electron chi connectivity index (χ3n) is 15.6. The van der Waals surface area contributed by atoms with Crippen LogP contribution in [0.4, 0.5) is 0 Å². The maximum atomic E-state index is 12.1. The molecule has 6 saturated heterocycles. The number of ether oxygens (including phenoxy) is 8. The number of carboxylic acid groups (broad SMARTS) is 1. The van der Waals surface area contributed by atoms with Gasteiger partial charge in [0.05, 0.1) is 60.0 Å². The van der Waals surface area contributed by atoms with Crippen LogP contribution in [0.1, 0.15) is 121 Å². The van der Waals surface area contributed by atoms with Crippen LogP contribution < -0.4 is 0 Å². The highest BCUT2D eigenvalue weighted by Gasteiger charge is 2.63. The van der Waals surface area contributed by atoms with Gasteiger partial charge in [-0.15, -0.1) is 0 Å². The van der Waals surface area contributed by atoms with E-state index in [1.807, 2.05) is 27.7 Å². The molecule has 54 heavy (non-hydrogen) atoms. The molecule has 0 aromatic rings. The van der Waals surface area contributed by atoms with Crippen molar-refractivity contribution in [3.8, 4) is 0 Å². The predicted molar refractivity (Wildman–Crippen MR) is 199 cm³/mol. The number of aliphatic hydroxyl groups is 2. The van der Waals surface area contributed by atoms with E-state index in [-0.39, 0.29) is 54.0 Å². The molecular weight excluding hydrogens is 696 g/mol. The zero-order chi connectivity index (χ0) is 39.9. The largest absolute Gasteiger partial charge is 0.481 e. The molecule has 6 heterocycles. The van der Waals surface area contributed by atoms with E-state index in [1.54, 1.807) is 21.1 Å². The molecule has 0 aromatic heterocycles. The molecule has 0 amide bonds. The summed E-state index contributed by atoms with van der Waals surface area (Å²) in [6, 6.07) is 0. The molecule has 6 rings (SSSR count). The number of aliphatic carboxylic acids is 1. The number of carbonyl (C=O) groups is 1. The minimum Gasteiger partial charge on any atom is -0.481 e. The quantitative estimate of drug-likeness (QED) is 0.255. The maximum absolute atomic E-state index is 12.1. The van der Waals surface area contributed by atoms with Gasteiger partial charge >= 0.3 is 5.97 Å². The Kier molecular flexibility index (Phi) is 11.9. The third kappa shape index (κ3) is 7.12. The van der Waals surface area contributed by atoms with Crippen molar-refractivity contribution < 1.29 is 58.0 Å². The number of methoxy groups -OCH3 is 2. The number of rotatable bonds is 9. The van der Waals surface area contributed by atoms with Gasteiger partial charge in [-0.2, -0.15) is 0 Å². The summed E-state index contributed by atoms with van der Waals surface area (Å²) >= 11 is 0. The Morgan fingerprint density at radius 3 is 2.13 bits per heavy atom. The van der Waals surface area contributed by atoms with Crippen LogP contribution in [0.15, 0.2) is 0 Å². The van der Waals surface area contributed by atoms with Gasteiger partial charge in [0.2, 0.25) is 0 Å². The summed E-state index contributed by atoms with van der Waals surface area (Å²) < 4.78 is 52.8. The lowest BCUT2D eigenvalue weighted by atomic mass is 9.71. The third-order valence-corrected chi connectivity index (χ3v) is 15.6. The molecule has 0 aliphatic carbocycles. The summed E-state index contributed by atoms with van der Waals surface area (Å²) in [4.78, 5) is 12.1. The van der Waals surface area contributed by atoms with E-state index in [1.165, 1.54) is 6.92 Å². The van der Waals surface area contributed by atoms with Crippen molar-refractivity contribution >= 4 is 5.97 Å². The lowest BCUT2D eigenvalue weighted by molar-refractivity contribution is -0.365. The second-order valence-electron chi connectivity index (χ2n) is 19.3. The number of hydrogen-bond acceptors (Lipinski definition) is 11. The van der Waals surface area contributed by atoms with Crippen LogP contribution in [0.2, 0.25) is 0 Å². The summed E-state index contributed by atoms with van der Waals surface area (Å²) in [6.07, 6.45) is 2.58. The summed E-state index contributed by atoms with van der Waals surface area (Å²) in [7, 11) is 3.31. The second kappa shape index (κ2) is 15.0. The molecule has 6 fully saturated rings. The van der Waals surface area contributed by atoms with E-state index in [0.29, 0.717) is 25.2 Å². The van der Waals surface area contributed by atoms with Crippen molar-refractivity contribution in [3.63, 3.8) is 0 Å². The second-order valence-corrected chi connectivity index (χ2v) is 19.3. The summed E-state index contributed by atoms with van der Waals surface area (Å²) in [5.74, 6) is -6.40. The highest BCUT2D eigenvalue weighted by atomic mass is 16.7. The fourth-order valence-electron chi connectivity index (χ4n) is 11.7. The molecule has 1 spiro atoms. The van der Waals surface area contributed by atoms with Crippen LogP contribution in [0.5, 0.6) is 0 Å². The first-order valence-electron chi connectivity index (χ1n) is 20.9. The van der Waals surface area contributed by atoms with Gasteiger partial charge in [0, 0.05) is 56.7 Å². The van der Waals surface area contributed by atoms with Gasteiger partial charge in [0.15, 0.2) is 17.4 Å². The first-order valence-corrected chi connectivity index (χ1v) is 20.9. The molecule has 312 valence electrons. The molecule has 0 radical (unpaired) electrons. The van der Waals surface area contributed by atoms with Gasteiger partial charge in [-0.05, 0) is 71.6 Å². The van der Waals surface area contributed by atoms with E-state index >= 15 is 0 Å². The van der Waals surface area contributed by atoms with Crippen molar-refractivity contribution in [3.05, 3.63) is 0 Å². The topological polar surface area (TPSA) is 152 Å². The van der Waals surface area contributed by atoms with Crippen LogP contribution >= 0.6 is 0 Å². The number of aliphatic hydroxyl groups excluding tert-OH is 1. The van der Waals surface area contributed by atoms with Crippen LogP contribution in [-0.2, 0) is 42.7 Å². The highest BCUT2D eigenvalue weighted by molar-refractivity contribution is 5.70. The predicted octanol–water partition coefficient (Wildman–Crippen LogP) is 5.92. The summed E-state index contributed by atoms with van der Waals surface area (Å²) in [5.41, 5.74) is -1.14. The first kappa shape index (κ1) is 42.7. The van der Waals surface area contributed by atoms with E-state index in [0.717, 1.165) is 25.7 Å². The Morgan fingerprint density at radius 2 is 1.50 bits per heavy atom. The molecule has 0 aromatic carbocycles. The Balaban J connectivity index is 1.15. The van der Waals surface area contributed by atoms with E-state index in [2.05, 4.69) is 34.6 Å². The van der Waals surface area contributed by atoms with Crippen LogP contribution in [-0.4, -0.2) is 113 Å². The lowest BCUT2D eigenvalue weighted by Gasteiger charge is -2.54. The monoisotopic (exact) mass is 769 g/mol. The number of carboxylic acids is 1. The van der Waals surface area contributed by atoms with Crippen molar-refractivity contribution in [2.24, 2.45) is 47.3 Å². The minimum absolute atomic E-state index is 0.0392. The fraction of sp³-hybridized carbons (Fsp3) is 0.976. The van der Waals surface area contributed by atoms with Crippen molar-refractivity contribution in [1.82, 2.24) is 0 Å². The highest BCUT2D eigenvalue weighted by Crippen LogP contribution is 2.55. The van der Waals surface area contributed by atoms with Crippen LogP contribution in [0, 0.1) is 47.3 Å². The Labute approximate surface area is 323 Å². The minimum atomic E-state index is -1.95. The lowest BCUT2D eigenvalue weighted by Crippen LogP contribution is -2.65. The molecule has 12 nitrogen and oxygen atoms in total. The van der Waals surface area contributed by atoms with Crippen LogP contribution in [0.25, 0.3) is 0 Å². The molecule has 0 bridgehead atoms. The Morgan fingerprint density at radius 1 is 0.833 bits per heavy atom. The average molecular weight is 769 g/mol. The molecule has 12 heteroatoms. The smallest absolute Gasteiger partial charge is 0.311 e. The molecular formula is C42H72O12. The molecule has 6 aliphatic heterocycles. The molecule has 3 N–H and O–H groups in total. The molecule has 0 saturated carbocycles. The van der Waals surface area contributed by atoms with E-state index in [4.69, 9.17) is 37.9 Å². The van der Waals surface area contributed by atoms with E-state index in [9.17, 15) is 20.1 Å². The summed E-state index contributed by atoms with van der Waals surface area (Å²) in [6.45, 7) is 22.2. The van der Waals surface area contributed by atoms with Gasteiger partial charge in [0.25, 0.3) is 0 Å². The van der Waals surface area contributed by atoms with Gasteiger partial charge in [0.1, 0.15) is 5.92 Å². The van der Waals surface area contributed by atoms with Gasteiger partial charge in [-0.25, -0.2) is 0 Å². The Bertz CT molecular complexity index is 1350. The summed E-state index contributed by atoms with van der Waals surface area (Å²) in [5, 5.41) is 33.2. The Hall–Kier alpha value is -0.930. The van der Waals surface area contributed by atoms with Gasteiger partial charge in [-0.3, -0.25) is 4.79 Å². The standard InChI is InChI=1S/C42H72O12/c1-21-18-23(3)40(11,48-13)51-32(21)30-19-22(2)36(49-30)39(10)15-14-31(50-39)38(9)16-17-41(54-38)20-29(43)24(4)33(52-41)25(5)34-26(6)35(47-12)27(7)42(46,53-34)28(8)37(44)45/h21-36,43,46H,14-20H2,1-13H3,(H,44,45). The first-order chi connectivity index (χ1) is 25.1. The average Bonchev–Trinajstić information content (AvgIpc) is 3.81. The SMILES string of the molecule is COC1C(C)C(C(C)C2OC3(CCC(C)(C4CCC(C)(C5OC(C6OC(C)(OC)C(C)CC6C)CC5C)O4)O3)CC(O)C2C)OC(O)(C(C)C(=O)O)C1C. The molecule has 6 aliphatic rings. The van der Waals surface area contributed by atoms with Crippen molar-refractivity contribution in [2.75, 3.05) is 14.2 Å².